The molecule has 212 valence electrons. The third-order valence-electron chi connectivity index (χ3n) is 7.41. The lowest BCUT2D eigenvalue weighted by Gasteiger charge is -2.30. The normalized spacial score (nSPS) is 19.4. The predicted molar refractivity (Wildman–Crippen MR) is 145 cm³/mol. The van der Waals surface area contributed by atoms with Crippen molar-refractivity contribution in [2.24, 2.45) is 12.0 Å². The number of hydrogen-bond donors (Lipinski definition) is 2. The van der Waals surface area contributed by atoms with Crippen LogP contribution in [0.15, 0.2) is 35.2 Å². The second-order valence-corrected chi connectivity index (χ2v) is 10.1. The molecule has 12 heteroatoms. The zero-order chi connectivity index (χ0) is 28.6. The molecular weight excluding hydrogens is 523 g/mol. The summed E-state index contributed by atoms with van der Waals surface area (Å²) in [6.45, 7) is 8.82. The van der Waals surface area contributed by atoms with Crippen LogP contribution < -0.4 is 15.4 Å². The topological polar surface area (TPSA) is 98.4 Å². The Morgan fingerprint density at radius 2 is 2.02 bits per heavy atom. The van der Waals surface area contributed by atoms with Crippen molar-refractivity contribution in [2.45, 2.75) is 64.4 Å². The number of benzene rings is 1. The second kappa shape index (κ2) is 10.8. The maximum Gasteiger partial charge on any atom is 0.438 e. The van der Waals surface area contributed by atoms with Crippen molar-refractivity contribution in [3.63, 3.8) is 0 Å². The molecule has 1 saturated carbocycles. The molecule has 1 fully saturated rings. The maximum absolute atomic E-state index is 13.4. The van der Waals surface area contributed by atoms with Crippen molar-refractivity contribution < 1.29 is 22.7 Å². The third kappa shape index (κ3) is 5.34. The number of aromatic nitrogens is 4. The highest BCUT2D eigenvalue weighted by molar-refractivity contribution is 5.98. The molecule has 3 aromatic rings. The Morgan fingerprint density at radius 1 is 1.27 bits per heavy atom. The van der Waals surface area contributed by atoms with E-state index in [-0.39, 0.29) is 23.8 Å². The molecule has 2 N–H and O–H groups in total. The first-order chi connectivity index (χ1) is 19.1. The van der Waals surface area contributed by atoms with Crippen molar-refractivity contribution >= 4 is 18.7 Å². The van der Waals surface area contributed by atoms with Gasteiger partial charge in [0.1, 0.15) is 5.82 Å². The molecule has 1 aliphatic heterocycles. The van der Waals surface area contributed by atoms with Crippen molar-refractivity contribution in [2.75, 3.05) is 6.54 Å². The minimum absolute atomic E-state index is 0.0138. The highest BCUT2D eigenvalue weighted by Gasteiger charge is 2.39. The molecule has 1 amide bonds. The van der Waals surface area contributed by atoms with Crippen LogP contribution in [0.25, 0.3) is 17.3 Å². The lowest BCUT2D eigenvalue weighted by Crippen LogP contribution is -2.27. The number of hydrogen-bond acceptors (Lipinski definition) is 6. The fraction of sp³-hybridized carbons (Fsp3) is 0.429. The fourth-order valence-electron chi connectivity index (χ4n) is 5.44. The Kier molecular flexibility index (Phi) is 7.43. The fourth-order valence-corrected chi connectivity index (χ4v) is 5.44. The van der Waals surface area contributed by atoms with Crippen molar-refractivity contribution in [1.29, 1.82) is 0 Å². The van der Waals surface area contributed by atoms with Gasteiger partial charge < -0.3 is 15.4 Å². The van der Waals surface area contributed by atoms with Crippen LogP contribution in [0.5, 0.6) is 5.75 Å². The van der Waals surface area contributed by atoms with Gasteiger partial charge in [0.25, 0.3) is 5.91 Å². The minimum Gasteiger partial charge on any atom is -0.486 e. The van der Waals surface area contributed by atoms with Gasteiger partial charge in [-0.05, 0) is 63.9 Å². The quantitative estimate of drug-likeness (QED) is 0.380. The summed E-state index contributed by atoms with van der Waals surface area (Å²) in [5.41, 5.74) is 4.15. The average molecular weight is 556 g/mol. The van der Waals surface area contributed by atoms with Gasteiger partial charge in [-0.1, -0.05) is 6.07 Å². The number of halogens is 3. The molecule has 5 rings (SSSR count). The number of amides is 1. The highest BCUT2D eigenvalue weighted by Crippen LogP contribution is 2.39. The minimum atomic E-state index is -4.58. The highest BCUT2D eigenvalue weighted by atomic mass is 19.4. The van der Waals surface area contributed by atoms with E-state index in [9.17, 15) is 18.0 Å². The molecule has 40 heavy (non-hydrogen) atoms. The molecule has 0 radical (unpaired) electrons. The van der Waals surface area contributed by atoms with Crippen LogP contribution in [0.4, 0.5) is 13.2 Å². The summed E-state index contributed by atoms with van der Waals surface area (Å²) in [6, 6.07) is 5.74. The van der Waals surface area contributed by atoms with Crippen molar-refractivity contribution in [1.82, 2.24) is 30.2 Å². The summed E-state index contributed by atoms with van der Waals surface area (Å²) in [4.78, 5) is 16.2. The van der Waals surface area contributed by atoms with E-state index in [1.165, 1.54) is 13.2 Å². The summed E-state index contributed by atoms with van der Waals surface area (Å²) in [6.07, 6.45) is 0.747. The van der Waals surface area contributed by atoms with Crippen LogP contribution >= 0.6 is 0 Å². The van der Waals surface area contributed by atoms with E-state index in [2.05, 4.69) is 27.4 Å². The first kappa shape index (κ1) is 27.5. The number of aliphatic imine (C=N–C) groups is 1. The van der Waals surface area contributed by atoms with E-state index < -0.39 is 11.9 Å². The molecule has 0 unspecified atom stereocenters. The van der Waals surface area contributed by atoms with E-state index in [1.807, 2.05) is 42.8 Å². The van der Waals surface area contributed by atoms with Crippen LogP contribution in [-0.2, 0) is 19.8 Å². The molecule has 1 aromatic carbocycles. The third-order valence-corrected chi connectivity index (χ3v) is 7.41. The summed E-state index contributed by atoms with van der Waals surface area (Å²) in [7, 11) is 1.45. The van der Waals surface area contributed by atoms with Gasteiger partial charge in [-0.25, -0.2) is 4.99 Å². The molecular formula is C28H32F3N7O2. The molecule has 1 aliphatic carbocycles. The average Bonchev–Trinajstić information content (AvgIpc) is 3.59. The maximum atomic E-state index is 13.4. The number of alkyl halides is 3. The molecule has 0 spiro atoms. The number of rotatable bonds is 8. The molecule has 3 heterocycles. The Hall–Kier alpha value is -4.09. The Labute approximate surface area is 230 Å². The van der Waals surface area contributed by atoms with Gasteiger partial charge in [0.05, 0.1) is 29.7 Å². The number of nitrogens with one attached hydrogen (secondary N) is 2. The number of aryl methyl sites for hydroxylation is 1. The number of carbonyl (C=O) groups is 1. The summed E-state index contributed by atoms with van der Waals surface area (Å²) in [5, 5.41) is 14.6. The lowest BCUT2D eigenvalue weighted by atomic mass is 9.92. The molecule has 0 saturated heterocycles. The van der Waals surface area contributed by atoms with Crippen molar-refractivity contribution in [3.05, 3.63) is 58.3 Å². The Bertz CT molecular complexity index is 1460. The van der Waals surface area contributed by atoms with E-state index in [4.69, 9.17) is 9.84 Å². The molecule has 0 bridgehead atoms. The number of ether oxygens (including phenoxy) is 1. The molecule has 9 nitrogen and oxygen atoms in total. The van der Waals surface area contributed by atoms with Crippen LogP contribution in [0.2, 0.25) is 0 Å². The van der Waals surface area contributed by atoms with E-state index in [0.717, 1.165) is 32.8 Å². The smallest absolute Gasteiger partial charge is 0.438 e. The first-order valence-corrected chi connectivity index (χ1v) is 13.3. The van der Waals surface area contributed by atoms with Crippen LogP contribution in [0.3, 0.4) is 0 Å². The first-order valence-electron chi connectivity index (χ1n) is 13.3. The van der Waals surface area contributed by atoms with Crippen LogP contribution in [0, 0.1) is 6.92 Å². The zero-order valence-corrected chi connectivity index (χ0v) is 22.7. The molecule has 2 aromatic heterocycles. The van der Waals surface area contributed by atoms with Gasteiger partial charge in [0, 0.05) is 42.9 Å². The van der Waals surface area contributed by atoms with Gasteiger partial charge in [0.15, 0.2) is 5.75 Å². The molecule has 0 atom stereocenters. The van der Waals surface area contributed by atoms with Gasteiger partial charge in [-0.3, -0.25) is 14.2 Å². The Balaban J connectivity index is 1.42. The summed E-state index contributed by atoms with van der Waals surface area (Å²) >= 11 is 0. The number of nitrogens with zero attached hydrogens (tertiary/aromatic N) is 5. The van der Waals surface area contributed by atoms with Gasteiger partial charge in [0.2, 0.25) is 5.69 Å². The number of carbonyl (C=O) groups excluding carboxylic acids is 1. The van der Waals surface area contributed by atoms with E-state index in [1.54, 1.807) is 0 Å². The van der Waals surface area contributed by atoms with E-state index in [0.29, 0.717) is 50.2 Å². The monoisotopic (exact) mass is 555 g/mol. The predicted octanol–water partition coefficient (Wildman–Crippen LogP) is 5.03. The van der Waals surface area contributed by atoms with Crippen molar-refractivity contribution in [3.8, 4) is 17.0 Å². The summed E-state index contributed by atoms with van der Waals surface area (Å²) in [5.74, 6) is 0.305. The number of fused-ring (bicyclic) bond motifs is 1. The second-order valence-electron chi connectivity index (χ2n) is 10.1. The van der Waals surface area contributed by atoms with Crippen LogP contribution in [-0.4, -0.2) is 44.8 Å². The Morgan fingerprint density at radius 3 is 2.70 bits per heavy atom. The van der Waals surface area contributed by atoms with E-state index >= 15 is 0 Å². The van der Waals surface area contributed by atoms with Crippen LogP contribution in [0.1, 0.15) is 71.5 Å². The largest absolute Gasteiger partial charge is 0.486 e. The zero-order valence-electron chi connectivity index (χ0n) is 22.7. The standard InChI is InChI=1S/C28H32F3N7O2/c1-5-33-24(32-3)13-22-16(2)25(17-6-11-21-18(12-17)14-34-27(21)39)35-38(22)19-7-9-20(10-8-19)40-23-15-37(4)36-26(23)28(29,30)31/h6,11-13,15,19-20,33H,3,5,7-10,14H2,1-2,4H3,(H,34,39)/b24-13+/t19-,20+. The van der Waals surface area contributed by atoms with Gasteiger partial charge in [-0.15, -0.1) is 0 Å². The lowest BCUT2D eigenvalue weighted by molar-refractivity contribution is -0.143. The summed E-state index contributed by atoms with van der Waals surface area (Å²) < 4.78 is 49.1. The van der Waals surface area contributed by atoms with Gasteiger partial charge >= 0.3 is 6.18 Å². The molecule has 2 aliphatic rings. The van der Waals surface area contributed by atoms with Gasteiger partial charge in [-0.2, -0.15) is 23.4 Å². The SMILES string of the molecule is C=N/C(=C\c1c(C)c(-c2ccc3c(c2)CNC3=O)nn1[C@H]1CC[C@@H](Oc2cn(C)nc2C(F)(F)F)CC1)NCC.